The van der Waals surface area contributed by atoms with Crippen molar-refractivity contribution < 1.29 is 19.0 Å². The Balaban J connectivity index is 1.54. The number of aryl methyl sites for hydroxylation is 1. The molecule has 0 radical (unpaired) electrons. The molecule has 3 aromatic rings. The van der Waals surface area contributed by atoms with E-state index in [0.717, 1.165) is 35.2 Å². The van der Waals surface area contributed by atoms with Gasteiger partial charge in [0, 0.05) is 43.1 Å². The summed E-state index contributed by atoms with van der Waals surface area (Å²) in [6, 6.07) is 9.68. The molecule has 1 amide bonds. The van der Waals surface area contributed by atoms with Gasteiger partial charge in [-0.2, -0.15) is 5.10 Å². The summed E-state index contributed by atoms with van der Waals surface area (Å²) in [6.07, 6.45) is 3.32. The Morgan fingerprint density at radius 2 is 1.83 bits per heavy atom. The molecule has 10 heteroatoms. The summed E-state index contributed by atoms with van der Waals surface area (Å²) < 4.78 is 18.2. The first-order valence-electron chi connectivity index (χ1n) is 12.0. The van der Waals surface area contributed by atoms with E-state index in [9.17, 15) is 4.79 Å². The van der Waals surface area contributed by atoms with Crippen molar-refractivity contribution in [3.05, 3.63) is 42.2 Å². The number of anilines is 1. The smallest absolute Gasteiger partial charge is 0.410 e. The Morgan fingerprint density at radius 1 is 1.11 bits per heavy atom. The van der Waals surface area contributed by atoms with E-state index in [4.69, 9.17) is 25.0 Å². The molecule has 2 aromatic heterocycles. The average molecular weight is 495 g/mol. The second-order valence-electron chi connectivity index (χ2n) is 9.88. The number of nitrogen functional groups attached to an aromatic ring is 1. The van der Waals surface area contributed by atoms with Gasteiger partial charge in [-0.05, 0) is 58.7 Å². The van der Waals surface area contributed by atoms with Crippen molar-refractivity contribution in [1.29, 1.82) is 0 Å². The van der Waals surface area contributed by atoms with Crippen LogP contribution in [-0.2, 0) is 9.47 Å². The summed E-state index contributed by atoms with van der Waals surface area (Å²) in [5, 5.41) is 13.3. The quantitative estimate of drug-likeness (QED) is 0.499. The van der Waals surface area contributed by atoms with E-state index in [2.05, 4.69) is 10.2 Å². The highest BCUT2D eigenvalue weighted by Gasteiger charge is 2.28. The second-order valence-corrected chi connectivity index (χ2v) is 9.88. The van der Waals surface area contributed by atoms with Gasteiger partial charge in [-0.1, -0.05) is 12.1 Å². The number of piperidine rings is 1. The molecule has 1 aliphatic rings. The lowest BCUT2D eigenvalue weighted by atomic mass is 10.0. The van der Waals surface area contributed by atoms with Crippen molar-refractivity contribution in [2.45, 2.75) is 52.2 Å². The molecule has 2 N–H and O–H groups in total. The maximum absolute atomic E-state index is 12.4. The standard InChI is InChI=1S/C26H34N6O4/c1-17-21(15-32(30-17)18-10-12-31(13-11-18)25(33)36-26(2,3)4)20-14-22(28-29-24(20)27)19-8-6-7-9-23(19)35-16-34-5/h6-9,14-15,18H,10-13,16H2,1-5H3,(H2,27,29). The normalized spacial score (nSPS) is 14.6. The van der Waals surface area contributed by atoms with E-state index in [-0.39, 0.29) is 18.9 Å². The molecule has 0 bridgehead atoms. The molecule has 4 rings (SSSR count). The van der Waals surface area contributed by atoms with Crippen molar-refractivity contribution in [3.8, 4) is 28.1 Å². The first-order chi connectivity index (χ1) is 17.2. The van der Waals surface area contributed by atoms with Gasteiger partial charge in [0.25, 0.3) is 0 Å². The van der Waals surface area contributed by atoms with Gasteiger partial charge in [0.2, 0.25) is 0 Å². The molecule has 0 aliphatic carbocycles. The van der Waals surface area contributed by atoms with E-state index in [1.807, 2.05) is 68.9 Å². The molecule has 192 valence electrons. The van der Waals surface area contributed by atoms with Crippen LogP contribution < -0.4 is 10.5 Å². The zero-order valence-electron chi connectivity index (χ0n) is 21.5. The summed E-state index contributed by atoms with van der Waals surface area (Å²) in [5.74, 6) is 0.977. The molecule has 10 nitrogen and oxygen atoms in total. The van der Waals surface area contributed by atoms with Crippen molar-refractivity contribution in [2.24, 2.45) is 0 Å². The van der Waals surface area contributed by atoms with Gasteiger partial charge < -0.3 is 24.8 Å². The zero-order chi connectivity index (χ0) is 25.9. The first-order valence-corrected chi connectivity index (χ1v) is 12.0. The molecule has 1 fully saturated rings. The van der Waals surface area contributed by atoms with E-state index >= 15 is 0 Å². The number of para-hydroxylation sites is 1. The number of hydrogen-bond donors (Lipinski definition) is 1. The third-order valence-corrected chi connectivity index (χ3v) is 6.01. The number of hydrogen-bond acceptors (Lipinski definition) is 8. The summed E-state index contributed by atoms with van der Waals surface area (Å²) in [4.78, 5) is 14.2. The van der Waals surface area contributed by atoms with Gasteiger partial charge in [0.15, 0.2) is 12.6 Å². The van der Waals surface area contributed by atoms with Crippen LogP contribution in [0.2, 0.25) is 0 Å². The van der Waals surface area contributed by atoms with Gasteiger partial charge >= 0.3 is 6.09 Å². The van der Waals surface area contributed by atoms with Crippen LogP contribution >= 0.6 is 0 Å². The third kappa shape index (κ3) is 5.76. The summed E-state index contributed by atoms with van der Waals surface area (Å²) >= 11 is 0. The summed E-state index contributed by atoms with van der Waals surface area (Å²) in [7, 11) is 1.57. The van der Waals surface area contributed by atoms with Gasteiger partial charge in [-0.3, -0.25) is 4.68 Å². The highest BCUT2D eigenvalue weighted by molar-refractivity contribution is 5.79. The van der Waals surface area contributed by atoms with Crippen LogP contribution in [0.25, 0.3) is 22.4 Å². The molecule has 36 heavy (non-hydrogen) atoms. The van der Waals surface area contributed by atoms with E-state index in [1.165, 1.54) is 0 Å². The highest BCUT2D eigenvalue weighted by atomic mass is 16.7. The molecule has 0 spiro atoms. The fourth-order valence-electron chi connectivity index (χ4n) is 4.25. The fraction of sp³-hybridized carbons (Fsp3) is 0.462. The van der Waals surface area contributed by atoms with Crippen LogP contribution in [-0.4, -0.2) is 63.6 Å². The third-order valence-electron chi connectivity index (χ3n) is 6.01. The molecule has 0 saturated carbocycles. The van der Waals surface area contributed by atoms with Gasteiger partial charge in [0.1, 0.15) is 11.4 Å². The Bertz CT molecular complexity index is 1210. The summed E-state index contributed by atoms with van der Waals surface area (Å²) in [6.45, 7) is 8.96. The molecule has 1 aliphatic heterocycles. The lowest BCUT2D eigenvalue weighted by Crippen LogP contribution is -2.42. The molecular formula is C26H34N6O4. The number of aromatic nitrogens is 4. The van der Waals surface area contributed by atoms with Gasteiger partial charge in [-0.25, -0.2) is 4.79 Å². The number of rotatable bonds is 6. The van der Waals surface area contributed by atoms with Crippen LogP contribution in [0.1, 0.15) is 45.3 Å². The Kier molecular flexibility index (Phi) is 7.44. The maximum atomic E-state index is 12.4. The van der Waals surface area contributed by atoms with Gasteiger partial charge in [0.05, 0.1) is 17.4 Å². The number of nitrogens with zero attached hydrogens (tertiary/aromatic N) is 5. The predicted octanol–water partition coefficient (Wildman–Crippen LogP) is 4.45. The summed E-state index contributed by atoms with van der Waals surface area (Å²) in [5.41, 5.74) is 9.69. The van der Waals surface area contributed by atoms with Crippen molar-refractivity contribution in [2.75, 3.05) is 32.7 Å². The van der Waals surface area contributed by atoms with Crippen molar-refractivity contribution >= 4 is 11.9 Å². The van der Waals surface area contributed by atoms with Crippen molar-refractivity contribution in [3.63, 3.8) is 0 Å². The molecule has 1 aromatic carbocycles. The first kappa shape index (κ1) is 25.4. The number of nitrogens with two attached hydrogens (primary N) is 1. The Hall–Kier alpha value is -3.66. The second kappa shape index (κ2) is 10.5. The molecule has 3 heterocycles. The molecule has 1 saturated heterocycles. The van der Waals surface area contributed by atoms with Crippen LogP contribution in [0.3, 0.4) is 0 Å². The molecular weight excluding hydrogens is 460 g/mol. The van der Waals surface area contributed by atoms with Crippen LogP contribution in [0.4, 0.5) is 10.6 Å². The monoisotopic (exact) mass is 494 g/mol. The van der Waals surface area contributed by atoms with Crippen LogP contribution in [0.5, 0.6) is 5.75 Å². The van der Waals surface area contributed by atoms with E-state index in [1.54, 1.807) is 12.0 Å². The number of amides is 1. The highest BCUT2D eigenvalue weighted by Crippen LogP contribution is 2.35. The maximum Gasteiger partial charge on any atom is 0.410 e. The topological polar surface area (TPSA) is 118 Å². The number of carbonyl (C=O) groups excluding carboxylic acids is 1. The SMILES string of the molecule is COCOc1ccccc1-c1cc(-c2cn(C3CCN(C(=O)OC(C)(C)C)CC3)nc2C)c(N)nn1. The van der Waals surface area contributed by atoms with Crippen LogP contribution in [0.15, 0.2) is 36.5 Å². The zero-order valence-corrected chi connectivity index (χ0v) is 21.5. The number of methoxy groups -OCH3 is 1. The largest absolute Gasteiger partial charge is 0.467 e. The minimum Gasteiger partial charge on any atom is -0.467 e. The number of carbonyl (C=O) groups is 1. The predicted molar refractivity (Wildman–Crippen MR) is 136 cm³/mol. The number of likely N-dealkylation sites (tertiary alicyclic amines) is 1. The Morgan fingerprint density at radius 3 is 2.53 bits per heavy atom. The van der Waals surface area contributed by atoms with Crippen LogP contribution in [0, 0.1) is 6.92 Å². The number of benzene rings is 1. The number of ether oxygens (including phenoxy) is 3. The fourth-order valence-corrected chi connectivity index (χ4v) is 4.25. The molecule has 0 unspecified atom stereocenters. The minimum atomic E-state index is -0.504. The Labute approximate surface area is 211 Å². The molecule has 0 atom stereocenters. The van der Waals surface area contributed by atoms with E-state index < -0.39 is 5.60 Å². The lowest BCUT2D eigenvalue weighted by Gasteiger charge is -2.33. The van der Waals surface area contributed by atoms with E-state index in [0.29, 0.717) is 30.4 Å². The van der Waals surface area contributed by atoms with Gasteiger partial charge in [-0.15, -0.1) is 10.2 Å². The average Bonchev–Trinajstić information content (AvgIpc) is 3.23. The van der Waals surface area contributed by atoms with Crippen molar-refractivity contribution in [1.82, 2.24) is 24.9 Å². The lowest BCUT2D eigenvalue weighted by molar-refractivity contribution is 0.0184. The minimum absolute atomic E-state index is 0.130.